The average Bonchev–Trinajstić information content (AvgIpc) is 2.63. The molecule has 2 aromatic heterocycles. The Morgan fingerprint density at radius 1 is 1.42 bits per heavy atom. The topological polar surface area (TPSA) is 29.9 Å². The number of rotatable bonds is 2. The first-order chi connectivity index (χ1) is 5.84. The van der Waals surface area contributed by atoms with Gasteiger partial charge < -0.3 is 0 Å². The number of nitrogens with zero attached hydrogens (tertiary/aromatic N) is 2. The molecule has 0 saturated carbocycles. The largest absolute Gasteiger partial charge is 0.269 e. The Labute approximate surface area is 74.7 Å². The van der Waals surface area contributed by atoms with E-state index >= 15 is 0 Å². The molecule has 0 saturated heterocycles. The van der Waals surface area contributed by atoms with E-state index in [0.29, 0.717) is 0 Å². The number of nitrogens with one attached hydrogen (secondary N) is 1. The van der Waals surface area contributed by atoms with Crippen LogP contribution in [0.1, 0.15) is 5.69 Å². The SMILES string of the molecule is Cc1csc(Nn2cccc2)n1. The molecule has 0 aliphatic heterocycles. The number of thiazole rings is 1. The van der Waals surface area contributed by atoms with Crippen molar-refractivity contribution in [2.24, 2.45) is 0 Å². The van der Waals surface area contributed by atoms with Gasteiger partial charge in [0.2, 0.25) is 5.13 Å². The van der Waals surface area contributed by atoms with Gasteiger partial charge in [-0.05, 0) is 19.1 Å². The minimum Gasteiger partial charge on any atom is -0.269 e. The summed E-state index contributed by atoms with van der Waals surface area (Å²) in [6.45, 7) is 1.98. The van der Waals surface area contributed by atoms with Crippen molar-refractivity contribution in [3.63, 3.8) is 0 Å². The van der Waals surface area contributed by atoms with Crippen LogP contribution in [0.2, 0.25) is 0 Å². The van der Waals surface area contributed by atoms with Crippen LogP contribution >= 0.6 is 11.3 Å². The van der Waals surface area contributed by atoms with E-state index in [0.717, 1.165) is 10.8 Å². The van der Waals surface area contributed by atoms with Crippen LogP contribution in [0.3, 0.4) is 0 Å². The van der Waals surface area contributed by atoms with Gasteiger partial charge >= 0.3 is 0 Å². The smallest absolute Gasteiger partial charge is 0.202 e. The third-order valence-electron chi connectivity index (χ3n) is 1.45. The molecule has 0 unspecified atom stereocenters. The number of aromatic nitrogens is 2. The van der Waals surface area contributed by atoms with E-state index < -0.39 is 0 Å². The molecule has 0 fully saturated rings. The van der Waals surface area contributed by atoms with Crippen molar-refractivity contribution in [1.29, 1.82) is 0 Å². The minimum absolute atomic E-state index is 0.920. The van der Waals surface area contributed by atoms with Crippen LogP contribution in [0.5, 0.6) is 0 Å². The Morgan fingerprint density at radius 2 is 2.17 bits per heavy atom. The van der Waals surface area contributed by atoms with E-state index in [4.69, 9.17) is 0 Å². The molecule has 0 aliphatic rings. The van der Waals surface area contributed by atoms with E-state index in [1.165, 1.54) is 0 Å². The molecule has 2 heterocycles. The second kappa shape index (κ2) is 2.98. The molecule has 3 nitrogen and oxygen atoms in total. The lowest BCUT2D eigenvalue weighted by Crippen LogP contribution is -2.04. The van der Waals surface area contributed by atoms with Crippen LogP contribution in [0.15, 0.2) is 29.9 Å². The lowest BCUT2D eigenvalue weighted by atomic mass is 10.6. The fourth-order valence-corrected chi connectivity index (χ4v) is 1.61. The molecule has 12 heavy (non-hydrogen) atoms. The van der Waals surface area contributed by atoms with Gasteiger partial charge in [0.1, 0.15) is 0 Å². The molecule has 0 aromatic carbocycles. The standard InChI is InChI=1S/C8H9N3S/c1-7-6-12-8(9-7)10-11-4-2-3-5-11/h2-6H,1H3,(H,9,10). The fourth-order valence-electron chi connectivity index (χ4n) is 0.925. The highest BCUT2D eigenvalue weighted by atomic mass is 32.1. The molecule has 0 amide bonds. The zero-order chi connectivity index (χ0) is 8.39. The molecular formula is C8H9N3S. The Bertz CT molecular complexity index is 350. The van der Waals surface area contributed by atoms with Crippen LogP contribution in [0, 0.1) is 6.92 Å². The van der Waals surface area contributed by atoms with Gasteiger partial charge in [-0.15, -0.1) is 11.3 Å². The van der Waals surface area contributed by atoms with Gasteiger partial charge in [0.15, 0.2) is 0 Å². The summed E-state index contributed by atoms with van der Waals surface area (Å²) in [7, 11) is 0. The second-order valence-electron chi connectivity index (χ2n) is 2.50. The third kappa shape index (κ3) is 1.48. The van der Waals surface area contributed by atoms with Crippen molar-refractivity contribution >= 4 is 16.5 Å². The summed E-state index contributed by atoms with van der Waals surface area (Å²) in [5.41, 5.74) is 4.18. The van der Waals surface area contributed by atoms with Crippen molar-refractivity contribution in [2.45, 2.75) is 6.92 Å². The van der Waals surface area contributed by atoms with Crippen LogP contribution in [-0.2, 0) is 0 Å². The van der Waals surface area contributed by atoms with Crippen LogP contribution in [-0.4, -0.2) is 9.66 Å². The Morgan fingerprint density at radius 3 is 2.75 bits per heavy atom. The molecule has 0 radical (unpaired) electrons. The summed E-state index contributed by atoms with van der Waals surface area (Å²) >= 11 is 1.60. The molecular weight excluding hydrogens is 170 g/mol. The summed E-state index contributed by atoms with van der Waals surface area (Å²) < 4.78 is 1.87. The summed E-state index contributed by atoms with van der Waals surface area (Å²) in [6.07, 6.45) is 3.88. The minimum atomic E-state index is 0.920. The van der Waals surface area contributed by atoms with Crippen molar-refractivity contribution in [2.75, 3.05) is 5.43 Å². The van der Waals surface area contributed by atoms with Crippen molar-refractivity contribution in [1.82, 2.24) is 9.66 Å². The van der Waals surface area contributed by atoms with Crippen molar-refractivity contribution < 1.29 is 0 Å². The molecule has 2 rings (SSSR count). The summed E-state index contributed by atoms with van der Waals surface area (Å²) in [5.74, 6) is 0. The molecule has 62 valence electrons. The highest BCUT2D eigenvalue weighted by Gasteiger charge is 1.95. The number of anilines is 1. The summed E-state index contributed by atoms with van der Waals surface area (Å²) in [6, 6.07) is 3.93. The zero-order valence-corrected chi connectivity index (χ0v) is 7.51. The highest BCUT2D eigenvalue weighted by Crippen LogP contribution is 2.14. The molecule has 4 heteroatoms. The van der Waals surface area contributed by atoms with Gasteiger partial charge in [-0.2, -0.15) is 0 Å². The summed E-state index contributed by atoms with van der Waals surface area (Å²) in [4.78, 5) is 4.27. The van der Waals surface area contributed by atoms with Crippen molar-refractivity contribution in [3.8, 4) is 0 Å². The first-order valence-electron chi connectivity index (χ1n) is 3.67. The van der Waals surface area contributed by atoms with E-state index in [1.54, 1.807) is 11.3 Å². The Balaban J connectivity index is 2.14. The normalized spacial score (nSPS) is 10.1. The molecule has 1 N–H and O–H groups in total. The van der Waals surface area contributed by atoms with Crippen LogP contribution in [0.4, 0.5) is 5.13 Å². The van der Waals surface area contributed by atoms with E-state index in [-0.39, 0.29) is 0 Å². The van der Waals surface area contributed by atoms with Gasteiger partial charge in [0.25, 0.3) is 0 Å². The average molecular weight is 179 g/mol. The van der Waals surface area contributed by atoms with E-state index in [9.17, 15) is 0 Å². The quantitative estimate of drug-likeness (QED) is 0.765. The Kier molecular flexibility index (Phi) is 1.83. The number of hydrogen-bond donors (Lipinski definition) is 1. The lowest BCUT2D eigenvalue weighted by Gasteiger charge is -2.01. The molecule has 0 atom stereocenters. The second-order valence-corrected chi connectivity index (χ2v) is 3.35. The fraction of sp³-hybridized carbons (Fsp3) is 0.125. The molecule has 0 bridgehead atoms. The van der Waals surface area contributed by atoms with E-state index in [1.807, 2.05) is 41.5 Å². The van der Waals surface area contributed by atoms with Gasteiger partial charge in [-0.1, -0.05) is 0 Å². The molecule has 2 aromatic rings. The predicted molar refractivity (Wildman–Crippen MR) is 50.3 cm³/mol. The monoisotopic (exact) mass is 179 g/mol. The maximum absolute atomic E-state index is 4.27. The first kappa shape index (κ1) is 7.36. The molecule has 0 spiro atoms. The number of hydrogen-bond acceptors (Lipinski definition) is 3. The van der Waals surface area contributed by atoms with Gasteiger partial charge in [-0.3, -0.25) is 10.1 Å². The Hall–Kier alpha value is -1.29. The maximum atomic E-state index is 4.27. The van der Waals surface area contributed by atoms with Gasteiger partial charge in [0.05, 0.1) is 5.69 Å². The van der Waals surface area contributed by atoms with Gasteiger partial charge in [0, 0.05) is 17.8 Å². The van der Waals surface area contributed by atoms with E-state index in [2.05, 4.69) is 10.4 Å². The third-order valence-corrected chi connectivity index (χ3v) is 2.31. The van der Waals surface area contributed by atoms with Crippen LogP contribution < -0.4 is 5.43 Å². The van der Waals surface area contributed by atoms with Crippen molar-refractivity contribution in [3.05, 3.63) is 35.6 Å². The zero-order valence-electron chi connectivity index (χ0n) is 6.69. The lowest BCUT2D eigenvalue weighted by molar-refractivity contribution is 0.962. The first-order valence-corrected chi connectivity index (χ1v) is 4.55. The molecule has 0 aliphatic carbocycles. The predicted octanol–water partition coefficient (Wildman–Crippen LogP) is 2.13. The maximum Gasteiger partial charge on any atom is 0.202 e. The highest BCUT2D eigenvalue weighted by molar-refractivity contribution is 7.13. The van der Waals surface area contributed by atoms with Gasteiger partial charge in [-0.25, -0.2) is 4.98 Å². The summed E-state index contributed by atoms with van der Waals surface area (Å²) in [5, 5.41) is 2.94. The van der Waals surface area contributed by atoms with Crippen LogP contribution in [0.25, 0.3) is 0 Å². The number of aryl methyl sites for hydroxylation is 1.